The van der Waals surface area contributed by atoms with E-state index < -0.39 is 0 Å². The zero-order chi connectivity index (χ0) is 14.1. The van der Waals surface area contributed by atoms with E-state index in [4.69, 9.17) is 18.9 Å². The Balaban J connectivity index is 2.61. The van der Waals surface area contributed by atoms with Crippen LogP contribution in [0.15, 0.2) is 6.33 Å². The molecule has 0 aliphatic heterocycles. The van der Waals surface area contributed by atoms with Gasteiger partial charge in [-0.15, -0.1) is 0 Å². The lowest BCUT2D eigenvalue weighted by molar-refractivity contribution is 0.0287. The van der Waals surface area contributed by atoms with Gasteiger partial charge in [0.1, 0.15) is 6.33 Å². The molecule has 0 bridgehead atoms. The molecule has 1 unspecified atom stereocenters. The minimum absolute atomic E-state index is 0.00776. The first kappa shape index (κ1) is 15.6. The smallest absolute Gasteiger partial charge is 0.224 e. The SMILES string of the molecule is COCC(CNCc1c(OC)ncnc1OC)OC. The van der Waals surface area contributed by atoms with Crippen LogP contribution in [0.5, 0.6) is 11.8 Å². The molecule has 0 radical (unpaired) electrons. The number of nitrogens with zero attached hydrogens (tertiary/aromatic N) is 2. The molecule has 108 valence electrons. The van der Waals surface area contributed by atoms with Crippen LogP contribution in [0.25, 0.3) is 0 Å². The van der Waals surface area contributed by atoms with Gasteiger partial charge in [0, 0.05) is 27.3 Å². The van der Waals surface area contributed by atoms with Gasteiger partial charge in [-0.2, -0.15) is 0 Å². The van der Waals surface area contributed by atoms with Crippen LogP contribution in [0.1, 0.15) is 5.56 Å². The molecule has 19 heavy (non-hydrogen) atoms. The predicted molar refractivity (Wildman–Crippen MR) is 69.5 cm³/mol. The van der Waals surface area contributed by atoms with Gasteiger partial charge in [-0.05, 0) is 0 Å². The number of aromatic nitrogens is 2. The molecule has 0 spiro atoms. The van der Waals surface area contributed by atoms with Gasteiger partial charge in [-0.3, -0.25) is 0 Å². The van der Waals surface area contributed by atoms with Gasteiger partial charge in [-0.1, -0.05) is 0 Å². The van der Waals surface area contributed by atoms with Crippen molar-refractivity contribution >= 4 is 0 Å². The quantitative estimate of drug-likeness (QED) is 0.689. The molecule has 0 aliphatic carbocycles. The maximum absolute atomic E-state index is 5.26. The fourth-order valence-corrected chi connectivity index (χ4v) is 1.64. The molecule has 0 aromatic carbocycles. The average Bonchev–Trinajstić information content (AvgIpc) is 2.46. The molecule has 0 amide bonds. The maximum atomic E-state index is 5.26. The fourth-order valence-electron chi connectivity index (χ4n) is 1.64. The highest BCUT2D eigenvalue weighted by Gasteiger charge is 2.13. The molecule has 0 saturated heterocycles. The van der Waals surface area contributed by atoms with Gasteiger partial charge in [0.15, 0.2) is 0 Å². The monoisotopic (exact) mass is 271 g/mol. The van der Waals surface area contributed by atoms with E-state index >= 15 is 0 Å². The van der Waals surface area contributed by atoms with Crippen molar-refractivity contribution in [3.63, 3.8) is 0 Å². The summed E-state index contributed by atoms with van der Waals surface area (Å²) in [6.45, 7) is 1.70. The highest BCUT2D eigenvalue weighted by atomic mass is 16.5. The molecule has 1 heterocycles. The van der Waals surface area contributed by atoms with Gasteiger partial charge in [0.25, 0.3) is 0 Å². The summed E-state index contributed by atoms with van der Waals surface area (Å²) in [7, 11) is 6.42. The molecule has 7 heteroatoms. The molecule has 1 atom stereocenters. The van der Waals surface area contributed by atoms with E-state index in [0.29, 0.717) is 31.5 Å². The van der Waals surface area contributed by atoms with E-state index in [1.165, 1.54) is 6.33 Å². The van der Waals surface area contributed by atoms with Crippen molar-refractivity contribution in [1.82, 2.24) is 15.3 Å². The number of nitrogens with one attached hydrogen (secondary N) is 1. The van der Waals surface area contributed by atoms with Crippen molar-refractivity contribution < 1.29 is 18.9 Å². The molecule has 0 fully saturated rings. The zero-order valence-corrected chi connectivity index (χ0v) is 11.8. The molecule has 7 nitrogen and oxygen atoms in total. The van der Waals surface area contributed by atoms with Crippen molar-refractivity contribution in [3.8, 4) is 11.8 Å². The van der Waals surface area contributed by atoms with Crippen LogP contribution in [0.4, 0.5) is 0 Å². The molecule has 1 aromatic heterocycles. The number of ether oxygens (including phenoxy) is 4. The van der Waals surface area contributed by atoms with Crippen LogP contribution >= 0.6 is 0 Å². The van der Waals surface area contributed by atoms with Crippen LogP contribution in [-0.4, -0.2) is 57.7 Å². The van der Waals surface area contributed by atoms with Crippen molar-refractivity contribution in [2.75, 3.05) is 41.6 Å². The Kier molecular flexibility index (Phi) is 7.09. The topological polar surface area (TPSA) is 74.7 Å². The molecular formula is C12H21N3O4. The summed E-state index contributed by atoms with van der Waals surface area (Å²) in [5, 5.41) is 3.24. The second-order valence-electron chi connectivity index (χ2n) is 3.81. The first-order chi connectivity index (χ1) is 9.26. The molecular weight excluding hydrogens is 250 g/mol. The molecule has 1 N–H and O–H groups in total. The summed E-state index contributed by atoms with van der Waals surface area (Å²) in [5.74, 6) is 1.00. The van der Waals surface area contributed by atoms with Gasteiger partial charge in [0.2, 0.25) is 11.8 Å². The third-order valence-electron chi connectivity index (χ3n) is 2.61. The Labute approximate surface area is 113 Å². The van der Waals surface area contributed by atoms with E-state index in [9.17, 15) is 0 Å². The summed E-state index contributed by atoms with van der Waals surface area (Å²) in [6.07, 6.45) is 1.40. The van der Waals surface area contributed by atoms with Crippen molar-refractivity contribution in [3.05, 3.63) is 11.9 Å². The minimum atomic E-state index is -0.00776. The summed E-state index contributed by atoms with van der Waals surface area (Å²) in [5.41, 5.74) is 0.778. The first-order valence-corrected chi connectivity index (χ1v) is 5.91. The Morgan fingerprint density at radius 3 is 2.21 bits per heavy atom. The van der Waals surface area contributed by atoms with E-state index in [0.717, 1.165) is 5.56 Å². The minimum Gasteiger partial charge on any atom is -0.481 e. The summed E-state index contributed by atoms with van der Waals surface area (Å²) in [4.78, 5) is 8.10. The second-order valence-corrected chi connectivity index (χ2v) is 3.81. The van der Waals surface area contributed by atoms with Crippen molar-refractivity contribution in [2.24, 2.45) is 0 Å². The highest BCUT2D eigenvalue weighted by Crippen LogP contribution is 2.22. The third kappa shape index (κ3) is 4.62. The Morgan fingerprint density at radius 1 is 1.11 bits per heavy atom. The van der Waals surface area contributed by atoms with Gasteiger partial charge < -0.3 is 24.3 Å². The predicted octanol–water partition coefficient (Wildman–Crippen LogP) is 0.245. The third-order valence-corrected chi connectivity index (χ3v) is 2.61. The lowest BCUT2D eigenvalue weighted by atomic mass is 10.3. The Morgan fingerprint density at radius 2 is 1.74 bits per heavy atom. The Bertz CT molecular complexity index is 354. The number of hydrogen-bond acceptors (Lipinski definition) is 7. The van der Waals surface area contributed by atoms with Crippen LogP contribution in [0, 0.1) is 0 Å². The molecule has 1 aromatic rings. The summed E-state index contributed by atoms with van der Waals surface area (Å²) >= 11 is 0. The fraction of sp³-hybridized carbons (Fsp3) is 0.667. The van der Waals surface area contributed by atoms with Crippen LogP contribution in [0.3, 0.4) is 0 Å². The zero-order valence-electron chi connectivity index (χ0n) is 11.8. The van der Waals surface area contributed by atoms with Gasteiger partial charge in [0.05, 0.1) is 32.5 Å². The highest BCUT2D eigenvalue weighted by molar-refractivity contribution is 5.34. The van der Waals surface area contributed by atoms with Crippen molar-refractivity contribution in [2.45, 2.75) is 12.6 Å². The number of hydrogen-bond donors (Lipinski definition) is 1. The van der Waals surface area contributed by atoms with E-state index in [1.54, 1.807) is 28.4 Å². The lowest BCUT2D eigenvalue weighted by Gasteiger charge is -2.16. The van der Waals surface area contributed by atoms with Crippen molar-refractivity contribution in [1.29, 1.82) is 0 Å². The summed E-state index contributed by atoms with van der Waals surface area (Å²) in [6, 6.07) is 0. The standard InChI is InChI=1S/C12H21N3O4/c1-16-7-9(17-2)5-13-6-10-11(18-3)14-8-15-12(10)19-4/h8-9,13H,5-7H2,1-4H3. The van der Waals surface area contributed by atoms with E-state index in [1.807, 2.05) is 0 Å². The normalized spacial score (nSPS) is 12.2. The lowest BCUT2D eigenvalue weighted by Crippen LogP contribution is -2.31. The van der Waals surface area contributed by atoms with Crippen LogP contribution < -0.4 is 14.8 Å². The Hall–Kier alpha value is -1.44. The van der Waals surface area contributed by atoms with Gasteiger partial charge >= 0.3 is 0 Å². The second kappa shape index (κ2) is 8.63. The van der Waals surface area contributed by atoms with Crippen LogP contribution in [0.2, 0.25) is 0 Å². The van der Waals surface area contributed by atoms with E-state index in [-0.39, 0.29) is 6.10 Å². The maximum Gasteiger partial charge on any atom is 0.224 e. The average molecular weight is 271 g/mol. The molecule has 0 aliphatic rings. The first-order valence-electron chi connectivity index (χ1n) is 5.91. The largest absolute Gasteiger partial charge is 0.481 e. The van der Waals surface area contributed by atoms with Gasteiger partial charge in [-0.25, -0.2) is 9.97 Å². The molecule has 1 rings (SSSR count). The van der Waals surface area contributed by atoms with Crippen LogP contribution in [-0.2, 0) is 16.0 Å². The summed E-state index contributed by atoms with van der Waals surface area (Å²) < 4.78 is 20.7. The molecule has 0 saturated carbocycles. The van der Waals surface area contributed by atoms with E-state index in [2.05, 4.69) is 15.3 Å². The number of rotatable bonds is 9. The number of methoxy groups -OCH3 is 4.